The molecule has 800 valence electrons. The standard InChI is InChI=1S/C28H32N4O5S.C25H29N3O3.C22H22N2O7.C16H24N2O4S2.C15H22N6O3S2/c1-16-8-11-19(12-9-16)32(28(36)26-23(29)24(27(30)35)31-38-26)25(18-10-13-20(33)22(15-18)37-2)21(34)14-17-6-4-3-5-7-17;1-3-18(4-2)24(29)26-22-20-12-8-9-13-21(20)31-23(22)25(30)28-16-14-27(15-17-28)19-10-6-5-7-11-19;1-13(17-6-9-19-20(10-17)29-12-28-19)24-30-11-21(26)31-15(3)22(27)23-18-7-4-16(5-8-18)14(2)25;1-14-8-12-18(13-9-14)24(21,22)16-6-4-15(5-7-16)23(19,20)17-10-2-3-11-17;1-3-5-6-17-13-19-20-15(26-13)25-8-9(22)10-11(16)21(7-4-2)14(24)18-12(10)23/h8-13,15,17,25,33H,3-7,14,29H2,1-2H3,(H2,30,35);5-13,18H,3-4,14-17H2,1-2H3,(H,26,29);4-10,15H,11-12H2,1-3H3,(H,23,27);4-7,14H,2-3,8-13H2,1H3;3-8,16H2,1-2H3,(H,17,19)(H,18,23,24)/b;;24-13+;;. The summed E-state index contributed by atoms with van der Waals surface area (Å²) in [5, 5.41) is 32.4. The molecule has 5 aliphatic rings. The Bertz CT molecular complexity index is 6950. The molecule has 4 aromatic heterocycles. The number of ketones is 3. The Balaban J connectivity index is 0.000000168. The van der Waals surface area contributed by atoms with E-state index in [4.69, 9.17) is 45.4 Å². The molecule has 0 spiro atoms. The Morgan fingerprint density at radius 1 is 0.707 bits per heavy atom. The number of fused-ring (bicyclic) bond motifs is 2. The number of Topliss-reactive ketones (excluding diaryl/α,β-unsaturated/α-hetero) is 3. The SMILES string of the molecule is CC(=O)c1ccc(NC(=O)C(C)OC(=O)CO/N=C(\C)c2ccc3c(c2)OCO3)cc1.CC1CCN(S(=O)(=O)c2ccc(S(=O)(=O)N3CCCC3)cc2)CC1.CCC(CC)C(=O)Nc1c(C(=O)N2CCN(c3ccccc3)CC2)oc2ccccc12.CCCCNc1nnc(SCC(=O)c2c(N)n(CCC)c(=O)[nH]c2=O)s1.COc1cc(C(C(=O)CC2CCCCC2)N(C(=O)c2snc(C(N)=O)c2N)c2ccc(C)cc2)ccc1O. The molecule has 4 fully saturated rings. The van der Waals surface area contributed by atoms with Gasteiger partial charge >= 0.3 is 11.7 Å². The molecular weight excluding hydrogens is 2020 g/mol. The van der Waals surface area contributed by atoms with Crippen LogP contribution in [0.3, 0.4) is 0 Å². The lowest BCUT2D eigenvalue weighted by atomic mass is 9.83. The number of anilines is 7. The van der Waals surface area contributed by atoms with Crippen LogP contribution in [0.2, 0.25) is 0 Å². The number of methoxy groups -OCH3 is 1. The van der Waals surface area contributed by atoms with Crippen molar-refractivity contribution in [3.05, 3.63) is 229 Å². The molecule has 1 saturated carbocycles. The number of H-pyrrole nitrogens is 1. The number of hydrogen-bond donors (Lipinski definition) is 8. The van der Waals surface area contributed by atoms with Crippen molar-refractivity contribution >= 4 is 164 Å². The number of piperazine rings is 1. The Morgan fingerprint density at radius 2 is 1.35 bits per heavy atom. The van der Waals surface area contributed by atoms with Gasteiger partial charge in [0.15, 0.2) is 56.5 Å². The van der Waals surface area contributed by atoms with Gasteiger partial charge in [-0.05, 0) is 223 Å². The molecule has 1 aliphatic carbocycles. The highest BCUT2D eigenvalue weighted by molar-refractivity contribution is 8.01. The fraction of sp³-hybridized carbons (Fsp3) is 0.406. The van der Waals surface area contributed by atoms with E-state index >= 15 is 0 Å². The number of furan rings is 1. The number of thioether (sulfide) groups is 1. The predicted octanol–water partition coefficient (Wildman–Crippen LogP) is 15.9. The lowest BCUT2D eigenvalue weighted by Crippen LogP contribution is -2.48. The number of primary amides is 1. The number of ether oxygens (including phenoxy) is 4. The molecule has 2 atom stereocenters. The number of esters is 1. The molecule has 11 aromatic rings. The number of aromatic hydroxyl groups is 1. The van der Waals surface area contributed by atoms with Crippen LogP contribution in [0.15, 0.2) is 197 Å². The molecule has 4 aliphatic heterocycles. The number of nitrogens with two attached hydrogens (primary N) is 3. The molecule has 7 aromatic carbocycles. The highest BCUT2D eigenvalue weighted by atomic mass is 32.2. The number of carbonyl (C=O) groups is 9. The molecule has 5 amide bonds. The number of piperidine rings is 1. The number of aromatic amines is 1. The van der Waals surface area contributed by atoms with Crippen LogP contribution < -0.4 is 68.4 Å². The number of hydrogen-bond acceptors (Lipinski definition) is 33. The van der Waals surface area contributed by atoms with Crippen molar-refractivity contribution < 1.29 is 93.3 Å². The van der Waals surface area contributed by atoms with E-state index in [1.807, 2.05) is 87.2 Å². The predicted molar refractivity (Wildman–Crippen MR) is 577 cm³/mol. The number of benzene rings is 7. The lowest BCUT2D eigenvalue weighted by Gasteiger charge is -2.35. The number of aromatic nitrogens is 5. The maximum Gasteiger partial charge on any atom is 0.347 e. The van der Waals surface area contributed by atoms with E-state index in [1.165, 1.54) is 92.5 Å². The van der Waals surface area contributed by atoms with E-state index in [1.54, 1.807) is 73.7 Å². The minimum Gasteiger partial charge on any atom is -0.504 e. The summed E-state index contributed by atoms with van der Waals surface area (Å²) in [4.78, 5) is 151. The number of phenolic OH excluding ortho intramolecular Hbond substituents is 1. The molecule has 8 heterocycles. The second-order valence-electron chi connectivity index (χ2n) is 36.6. The Labute approximate surface area is 883 Å². The quantitative estimate of drug-likeness (QED) is 0.00448. The van der Waals surface area contributed by atoms with Crippen LogP contribution in [0, 0.1) is 24.7 Å². The van der Waals surface area contributed by atoms with Gasteiger partial charge in [-0.15, -0.1) is 10.2 Å². The Kier molecular flexibility index (Phi) is 41.5. The number of para-hydroxylation sites is 2. The average Bonchev–Trinajstić information content (AvgIpc) is 1.56. The molecule has 39 nitrogen and oxygen atoms in total. The van der Waals surface area contributed by atoms with Crippen LogP contribution in [0.1, 0.15) is 226 Å². The number of carbonyl (C=O) groups excluding carboxylic acids is 9. The highest BCUT2D eigenvalue weighted by Crippen LogP contribution is 2.42. The van der Waals surface area contributed by atoms with Crippen molar-refractivity contribution in [3.8, 4) is 23.0 Å². The number of sulfonamides is 2. The van der Waals surface area contributed by atoms with E-state index in [0.29, 0.717) is 125 Å². The molecule has 0 bridgehead atoms. The monoisotopic (exact) mass is 2150 g/mol. The number of aryl methyl sites for hydroxylation is 1. The van der Waals surface area contributed by atoms with Gasteiger partial charge in [-0.3, -0.25) is 57.6 Å². The van der Waals surface area contributed by atoms with E-state index in [-0.39, 0.29) is 102 Å². The molecule has 11 N–H and O–H groups in total. The van der Waals surface area contributed by atoms with Crippen molar-refractivity contribution in [1.29, 1.82) is 0 Å². The smallest absolute Gasteiger partial charge is 0.347 e. The Hall–Kier alpha value is -14.2. The van der Waals surface area contributed by atoms with Crippen molar-refractivity contribution in [3.63, 3.8) is 0 Å². The van der Waals surface area contributed by atoms with Gasteiger partial charge in [0.25, 0.3) is 29.2 Å². The minimum absolute atomic E-state index is 0.0127. The fourth-order valence-electron chi connectivity index (χ4n) is 17.2. The summed E-state index contributed by atoms with van der Waals surface area (Å²) in [5.41, 5.74) is 22.1. The van der Waals surface area contributed by atoms with E-state index in [9.17, 15) is 74.7 Å². The van der Waals surface area contributed by atoms with Crippen molar-refractivity contribution in [1.82, 2.24) is 37.6 Å². The van der Waals surface area contributed by atoms with Gasteiger partial charge in [0.1, 0.15) is 33.6 Å². The maximum atomic E-state index is 14.2. The number of amides is 5. The first-order chi connectivity index (χ1) is 71.9. The first kappa shape index (κ1) is 115. The summed E-state index contributed by atoms with van der Waals surface area (Å²) < 4.78 is 86.0. The molecule has 0 radical (unpaired) electrons. The van der Waals surface area contributed by atoms with Crippen molar-refractivity contribution in [2.24, 2.45) is 28.6 Å². The summed E-state index contributed by atoms with van der Waals surface area (Å²) in [6.07, 6.45) is 12.2. The van der Waals surface area contributed by atoms with Gasteiger partial charge in [-0.1, -0.05) is 155 Å². The van der Waals surface area contributed by atoms with E-state index < -0.39 is 79.5 Å². The first-order valence-corrected chi connectivity index (χ1v) is 55.3. The lowest BCUT2D eigenvalue weighted by molar-refractivity contribution is -0.157. The third-order valence-electron chi connectivity index (χ3n) is 25.9. The normalized spacial score (nSPS) is 14.8. The molecule has 150 heavy (non-hydrogen) atoms. The zero-order chi connectivity index (χ0) is 108. The van der Waals surface area contributed by atoms with Gasteiger partial charge in [0.05, 0.1) is 34.1 Å². The van der Waals surface area contributed by atoms with Gasteiger partial charge in [0.2, 0.25) is 50.2 Å². The maximum absolute atomic E-state index is 14.2. The zero-order valence-electron chi connectivity index (χ0n) is 85.5. The number of nitrogens with zero attached hydrogens (tertiary/aromatic N) is 10. The summed E-state index contributed by atoms with van der Waals surface area (Å²) in [6, 6.07) is 45.8. The van der Waals surface area contributed by atoms with Crippen LogP contribution in [-0.4, -0.2) is 209 Å². The highest BCUT2D eigenvalue weighted by Gasteiger charge is 2.40. The molecule has 16 rings (SSSR count). The Morgan fingerprint density at radius 3 is 1.97 bits per heavy atom. The third-order valence-corrected chi connectivity index (χ3v) is 32.6. The molecular formula is C106H129N17O22S5. The summed E-state index contributed by atoms with van der Waals surface area (Å²) >= 11 is 3.30. The van der Waals surface area contributed by atoms with Crippen LogP contribution in [0.4, 0.5) is 39.4 Å². The number of rotatable bonds is 37. The summed E-state index contributed by atoms with van der Waals surface area (Å²) in [6.45, 7) is 22.3. The molecule has 44 heteroatoms. The number of nitrogen functional groups attached to an aromatic ring is 2. The second kappa shape index (κ2) is 54.3. The van der Waals surface area contributed by atoms with Crippen molar-refractivity contribution in [2.75, 3.05) is 122 Å². The first-order valence-electron chi connectivity index (χ1n) is 49.9. The van der Waals surface area contributed by atoms with Crippen LogP contribution in [-0.2, 0) is 55.3 Å². The van der Waals surface area contributed by atoms with E-state index in [0.717, 1.165) is 137 Å². The largest absolute Gasteiger partial charge is 0.504 e. The summed E-state index contributed by atoms with van der Waals surface area (Å²) in [5.74, 6) is -1.42. The zero-order valence-corrected chi connectivity index (χ0v) is 89.6. The van der Waals surface area contributed by atoms with E-state index in [2.05, 4.69) is 71.5 Å². The summed E-state index contributed by atoms with van der Waals surface area (Å²) in [7, 11) is -5.63. The molecule has 2 unspecified atom stereocenters. The number of phenols is 1. The van der Waals surface area contributed by atoms with Gasteiger partial charge < -0.3 is 76.3 Å². The van der Waals surface area contributed by atoms with Crippen LogP contribution in [0.25, 0.3) is 11.0 Å². The second-order valence-corrected chi connectivity index (χ2v) is 43.4. The average molecular weight is 2150 g/mol. The van der Waals surface area contributed by atoms with Gasteiger partial charge in [0, 0.05) is 111 Å². The fourth-order valence-corrected chi connectivity index (χ4v) is 22.6. The molecule has 3 saturated heterocycles. The topological polar surface area (TPSA) is 538 Å². The number of unbranched alkanes of at least 4 members (excludes halogenated alkanes) is 1. The minimum atomic E-state index is -3.54. The third kappa shape index (κ3) is 29.9. The van der Waals surface area contributed by atoms with Gasteiger partial charge in [-0.25, -0.2) is 26.4 Å². The van der Waals surface area contributed by atoms with Crippen LogP contribution in [0.5, 0.6) is 23.0 Å². The number of oxime groups is 1. The van der Waals surface area contributed by atoms with Gasteiger partial charge in [-0.2, -0.15) is 13.0 Å². The number of nitrogens with one attached hydrogen (secondary N) is 4. The van der Waals surface area contributed by atoms with Crippen LogP contribution >= 0.6 is 34.6 Å². The van der Waals surface area contributed by atoms with Crippen molar-refractivity contribution in [2.45, 2.75) is 191 Å².